The number of anilines is 1. The summed E-state index contributed by atoms with van der Waals surface area (Å²) < 4.78 is 0. The van der Waals surface area contributed by atoms with Crippen molar-refractivity contribution in [1.82, 2.24) is 14.9 Å². The highest BCUT2D eigenvalue weighted by atomic mass is 16.2. The van der Waals surface area contributed by atoms with Crippen molar-refractivity contribution in [2.75, 3.05) is 5.73 Å². The molecule has 1 aromatic heterocycles. The van der Waals surface area contributed by atoms with Crippen LogP contribution in [0.5, 0.6) is 0 Å². The number of nitrogens with two attached hydrogens (primary N) is 1. The summed E-state index contributed by atoms with van der Waals surface area (Å²) in [5.74, 6) is 0.0141. The van der Waals surface area contributed by atoms with Crippen molar-refractivity contribution in [2.24, 2.45) is 0 Å². The number of fused-ring (bicyclic) bond motifs is 2. The van der Waals surface area contributed by atoms with Crippen molar-refractivity contribution in [3.8, 4) is 0 Å². The molecule has 0 aliphatic carbocycles. The second-order valence-corrected chi connectivity index (χ2v) is 5.38. The van der Waals surface area contributed by atoms with Gasteiger partial charge in [0.1, 0.15) is 5.69 Å². The minimum Gasteiger partial charge on any atom is -0.368 e. The van der Waals surface area contributed by atoms with Crippen molar-refractivity contribution >= 4 is 22.8 Å². The third kappa shape index (κ3) is 2.80. The van der Waals surface area contributed by atoms with E-state index in [1.54, 1.807) is 4.90 Å². The van der Waals surface area contributed by atoms with Crippen molar-refractivity contribution in [3.05, 3.63) is 65.4 Å². The first-order chi connectivity index (χ1) is 11.7. The van der Waals surface area contributed by atoms with Crippen molar-refractivity contribution in [3.63, 3.8) is 0 Å². The smallest absolute Gasteiger partial charge is 0.273 e. The molecule has 2 N–H and O–H groups in total. The molecular formula is C19H20N4O. The predicted octanol–water partition coefficient (Wildman–Crippen LogP) is 3.39. The van der Waals surface area contributed by atoms with E-state index in [1.807, 2.05) is 50.2 Å². The molecule has 0 atom stereocenters. The zero-order chi connectivity index (χ0) is 17.1. The molecule has 5 nitrogen and oxygen atoms in total. The van der Waals surface area contributed by atoms with E-state index in [-0.39, 0.29) is 11.9 Å². The Morgan fingerprint density at radius 2 is 1.54 bits per heavy atom. The molecule has 0 bridgehead atoms. The van der Waals surface area contributed by atoms with Gasteiger partial charge in [0.05, 0.1) is 5.52 Å². The first kappa shape index (κ1) is 15.9. The third-order valence-electron chi connectivity index (χ3n) is 3.95. The summed E-state index contributed by atoms with van der Waals surface area (Å²) in [5, 5.41) is 0.734. The van der Waals surface area contributed by atoms with Crippen LogP contribution in [0.15, 0.2) is 48.5 Å². The summed E-state index contributed by atoms with van der Waals surface area (Å²) in [6, 6.07) is 15.5. The quantitative estimate of drug-likeness (QED) is 0.746. The Labute approximate surface area is 141 Å². The average molecular weight is 320 g/mol. The number of nitrogens with zero attached hydrogens (tertiary/aromatic N) is 3. The lowest BCUT2D eigenvalue weighted by atomic mass is 10.1. The van der Waals surface area contributed by atoms with Crippen LogP contribution in [0.2, 0.25) is 0 Å². The molecule has 0 unspecified atom stereocenters. The summed E-state index contributed by atoms with van der Waals surface area (Å²) in [6.07, 6.45) is 0. The fourth-order valence-corrected chi connectivity index (χ4v) is 2.88. The van der Waals surface area contributed by atoms with Crippen molar-refractivity contribution in [2.45, 2.75) is 26.9 Å². The van der Waals surface area contributed by atoms with Crippen LogP contribution in [0, 0.1) is 0 Å². The van der Waals surface area contributed by atoms with Crippen LogP contribution in [0.1, 0.15) is 35.5 Å². The second-order valence-electron chi connectivity index (χ2n) is 5.38. The molecule has 1 amide bonds. The second kappa shape index (κ2) is 6.66. The van der Waals surface area contributed by atoms with E-state index in [9.17, 15) is 4.79 Å². The van der Waals surface area contributed by atoms with Gasteiger partial charge in [-0.25, -0.2) is 9.97 Å². The fourth-order valence-electron chi connectivity index (χ4n) is 2.88. The minimum absolute atomic E-state index is 0.110. The molecular weight excluding hydrogens is 300 g/mol. The van der Waals surface area contributed by atoms with Crippen molar-refractivity contribution < 1.29 is 4.79 Å². The topological polar surface area (TPSA) is 72.1 Å². The van der Waals surface area contributed by atoms with Crippen LogP contribution in [-0.4, -0.2) is 20.8 Å². The van der Waals surface area contributed by atoms with Crippen LogP contribution in [0.3, 0.4) is 0 Å². The van der Waals surface area contributed by atoms with E-state index in [0.717, 1.165) is 5.39 Å². The van der Waals surface area contributed by atoms with Gasteiger partial charge in [0.2, 0.25) is 5.95 Å². The third-order valence-corrected chi connectivity index (χ3v) is 3.95. The molecule has 0 radical (unpaired) electrons. The van der Waals surface area contributed by atoms with Gasteiger partial charge in [-0.05, 0) is 17.2 Å². The number of carbonyl (C=O) groups excluding carboxylic acids is 1. The molecule has 0 fully saturated rings. The molecule has 24 heavy (non-hydrogen) atoms. The first-order valence-corrected chi connectivity index (χ1v) is 8.11. The minimum atomic E-state index is -0.110. The molecule has 2 aromatic carbocycles. The summed E-state index contributed by atoms with van der Waals surface area (Å²) in [7, 11) is 0. The van der Waals surface area contributed by atoms with Gasteiger partial charge in [0, 0.05) is 18.5 Å². The van der Waals surface area contributed by atoms with E-state index in [1.165, 1.54) is 11.1 Å². The highest BCUT2D eigenvalue weighted by molar-refractivity contribution is 6.04. The maximum atomic E-state index is 12.9. The molecule has 5 heteroatoms. The average Bonchev–Trinajstić information content (AvgIpc) is 3.06. The van der Waals surface area contributed by atoms with E-state index in [4.69, 9.17) is 5.73 Å². The number of hydrogen-bond donors (Lipinski definition) is 1. The maximum absolute atomic E-state index is 12.9. The summed E-state index contributed by atoms with van der Waals surface area (Å²) in [5.41, 5.74) is 9.18. The van der Waals surface area contributed by atoms with Crippen LogP contribution in [0.25, 0.3) is 10.9 Å². The number of amides is 1. The van der Waals surface area contributed by atoms with Crippen LogP contribution < -0.4 is 5.73 Å². The van der Waals surface area contributed by atoms with Gasteiger partial charge in [0.25, 0.3) is 5.91 Å². The number of aromatic nitrogens is 2. The Balaban J connectivity index is 0.000000815. The molecule has 4 rings (SSSR count). The van der Waals surface area contributed by atoms with Gasteiger partial charge in [-0.2, -0.15) is 0 Å². The van der Waals surface area contributed by atoms with Gasteiger partial charge < -0.3 is 10.6 Å². The summed E-state index contributed by atoms with van der Waals surface area (Å²) >= 11 is 0. The lowest BCUT2D eigenvalue weighted by Gasteiger charge is -2.16. The number of hydrogen-bond acceptors (Lipinski definition) is 4. The van der Waals surface area contributed by atoms with E-state index in [2.05, 4.69) is 22.1 Å². The van der Waals surface area contributed by atoms with Gasteiger partial charge in [-0.3, -0.25) is 4.79 Å². The Morgan fingerprint density at radius 1 is 0.958 bits per heavy atom. The highest BCUT2D eigenvalue weighted by Gasteiger charge is 2.26. The Morgan fingerprint density at radius 3 is 2.21 bits per heavy atom. The number of carbonyl (C=O) groups is 1. The zero-order valence-corrected chi connectivity index (χ0v) is 13.9. The van der Waals surface area contributed by atoms with Crippen molar-refractivity contribution in [1.29, 1.82) is 0 Å². The lowest BCUT2D eigenvalue weighted by Crippen LogP contribution is -2.27. The lowest BCUT2D eigenvalue weighted by molar-refractivity contribution is 0.0747. The summed E-state index contributed by atoms with van der Waals surface area (Å²) in [4.78, 5) is 23.0. The zero-order valence-electron chi connectivity index (χ0n) is 13.9. The van der Waals surface area contributed by atoms with Gasteiger partial charge in [0.15, 0.2) is 0 Å². The molecule has 0 saturated heterocycles. The van der Waals surface area contributed by atoms with Crippen LogP contribution in [-0.2, 0) is 13.1 Å². The van der Waals surface area contributed by atoms with Crippen LogP contribution in [0.4, 0.5) is 5.95 Å². The maximum Gasteiger partial charge on any atom is 0.273 e. The van der Waals surface area contributed by atoms with Gasteiger partial charge in [-0.1, -0.05) is 56.3 Å². The largest absolute Gasteiger partial charge is 0.368 e. The highest BCUT2D eigenvalue weighted by Crippen LogP contribution is 2.25. The van der Waals surface area contributed by atoms with Gasteiger partial charge in [-0.15, -0.1) is 0 Å². The molecule has 3 aromatic rings. The number of nitrogen functional groups attached to an aromatic ring is 1. The Bertz CT molecular complexity index is 866. The normalized spacial score (nSPS) is 12.5. The Kier molecular flexibility index (Phi) is 4.42. The fraction of sp³-hybridized carbons (Fsp3) is 0.211. The molecule has 1 aliphatic rings. The Hall–Kier alpha value is -2.95. The monoisotopic (exact) mass is 320 g/mol. The first-order valence-electron chi connectivity index (χ1n) is 8.11. The predicted molar refractivity (Wildman–Crippen MR) is 95.3 cm³/mol. The van der Waals surface area contributed by atoms with Crippen LogP contribution >= 0.6 is 0 Å². The number of rotatable bonds is 1. The number of para-hydroxylation sites is 1. The van der Waals surface area contributed by atoms with E-state index in [0.29, 0.717) is 24.3 Å². The van der Waals surface area contributed by atoms with Gasteiger partial charge >= 0.3 is 0 Å². The molecule has 1 aliphatic heterocycles. The SMILES string of the molecule is CC.Nc1nc(C(=O)N2Cc3ccccc3C2)c2ccccc2n1. The number of benzene rings is 2. The van der Waals surface area contributed by atoms with E-state index < -0.39 is 0 Å². The molecule has 122 valence electrons. The molecule has 0 spiro atoms. The molecule has 0 saturated carbocycles. The van der Waals surface area contributed by atoms with E-state index >= 15 is 0 Å². The standard InChI is InChI=1S/C17H14N4O.C2H6/c18-17-19-14-8-4-3-7-13(14)15(20-17)16(22)21-9-11-5-1-2-6-12(11)10-21;1-2/h1-8H,9-10H2,(H2,18,19,20);1-2H3. The summed E-state index contributed by atoms with van der Waals surface area (Å²) in [6.45, 7) is 5.21. The molecule has 2 heterocycles.